The van der Waals surface area contributed by atoms with Crippen LogP contribution in [-0.4, -0.2) is 33.8 Å². The number of Topliss-reactive ketones (excluding diaryl/α,β-unsaturated/α-hetero) is 1. The van der Waals surface area contributed by atoms with Crippen molar-refractivity contribution in [3.05, 3.63) is 20.8 Å². The molecule has 0 N–H and O–H groups in total. The summed E-state index contributed by atoms with van der Waals surface area (Å²) < 4.78 is 7.46. The largest absolute Gasteiger partial charge is 0.376 e. The third-order valence-electron chi connectivity index (χ3n) is 4.60. The van der Waals surface area contributed by atoms with Crippen molar-refractivity contribution in [1.82, 2.24) is 9.55 Å². The number of fused-ring (bicyclic) bond motifs is 3. The maximum atomic E-state index is 13.2. The molecule has 2 aromatic heterocycles. The van der Waals surface area contributed by atoms with E-state index in [1.807, 2.05) is 0 Å². The minimum atomic E-state index is 0.0425. The van der Waals surface area contributed by atoms with E-state index >= 15 is 0 Å². The van der Waals surface area contributed by atoms with Gasteiger partial charge >= 0.3 is 0 Å². The van der Waals surface area contributed by atoms with Gasteiger partial charge in [-0.2, -0.15) is 0 Å². The number of aromatic nitrogens is 2. The van der Waals surface area contributed by atoms with Crippen molar-refractivity contribution in [2.75, 3.05) is 12.4 Å². The topological polar surface area (TPSA) is 61.2 Å². The van der Waals surface area contributed by atoms with Crippen LogP contribution in [0.2, 0.25) is 0 Å². The van der Waals surface area contributed by atoms with Gasteiger partial charge in [-0.1, -0.05) is 11.8 Å². The standard InChI is InChI=1S/C17H20N2O3S2/c1-10(20)9-23-17-18-15-14(12-5-2-6-13(12)24-15)16(21)19(17)8-11-4-3-7-22-11/h11H,2-9H2,1H3/t11-/m0/s1. The molecule has 128 valence electrons. The Morgan fingerprint density at radius 1 is 1.42 bits per heavy atom. The molecular formula is C17H20N2O3S2. The number of thioether (sulfide) groups is 1. The minimum Gasteiger partial charge on any atom is -0.376 e. The normalized spacial score (nSPS) is 20.0. The molecule has 0 aromatic carbocycles. The molecule has 0 unspecified atom stereocenters. The SMILES string of the molecule is CC(=O)CSc1nc2sc3c(c2c(=O)n1C[C@@H]1CCCO1)CCC3. The second kappa shape index (κ2) is 6.61. The molecule has 0 saturated carbocycles. The molecule has 2 aliphatic rings. The fourth-order valence-corrected chi connectivity index (χ4v) is 5.60. The van der Waals surface area contributed by atoms with E-state index in [4.69, 9.17) is 9.72 Å². The van der Waals surface area contributed by atoms with Gasteiger partial charge in [0.25, 0.3) is 5.56 Å². The predicted molar refractivity (Wildman–Crippen MR) is 96.3 cm³/mol. The number of aryl methyl sites for hydroxylation is 2. The van der Waals surface area contributed by atoms with E-state index in [1.165, 1.54) is 22.2 Å². The molecule has 1 saturated heterocycles. The van der Waals surface area contributed by atoms with E-state index in [9.17, 15) is 9.59 Å². The van der Waals surface area contributed by atoms with Crippen LogP contribution >= 0.6 is 23.1 Å². The van der Waals surface area contributed by atoms with E-state index in [-0.39, 0.29) is 17.4 Å². The molecule has 1 atom stereocenters. The Morgan fingerprint density at radius 3 is 3.04 bits per heavy atom. The number of carbonyl (C=O) groups excluding carboxylic acids is 1. The van der Waals surface area contributed by atoms with Crippen LogP contribution in [0.25, 0.3) is 10.2 Å². The molecule has 0 bridgehead atoms. The Labute approximate surface area is 148 Å². The van der Waals surface area contributed by atoms with Gasteiger partial charge in [0.1, 0.15) is 10.6 Å². The number of hydrogen-bond donors (Lipinski definition) is 0. The lowest BCUT2D eigenvalue weighted by Crippen LogP contribution is -2.29. The van der Waals surface area contributed by atoms with Gasteiger partial charge in [0.05, 0.1) is 23.8 Å². The van der Waals surface area contributed by atoms with Crippen LogP contribution in [0.4, 0.5) is 0 Å². The van der Waals surface area contributed by atoms with Crippen LogP contribution in [-0.2, 0) is 28.9 Å². The molecule has 0 radical (unpaired) electrons. The van der Waals surface area contributed by atoms with Gasteiger partial charge in [0.2, 0.25) is 0 Å². The number of hydrogen-bond acceptors (Lipinski definition) is 6. The molecule has 0 spiro atoms. The first-order valence-corrected chi connectivity index (χ1v) is 10.2. The van der Waals surface area contributed by atoms with Crippen LogP contribution in [0.1, 0.15) is 36.6 Å². The summed E-state index contributed by atoms with van der Waals surface area (Å²) in [6.45, 7) is 2.86. The third-order valence-corrected chi connectivity index (χ3v) is 6.91. The van der Waals surface area contributed by atoms with Crippen molar-refractivity contribution in [3.8, 4) is 0 Å². The third kappa shape index (κ3) is 2.93. The summed E-state index contributed by atoms with van der Waals surface area (Å²) in [6, 6.07) is 0. The fourth-order valence-electron chi connectivity index (χ4n) is 3.49. The second-order valence-electron chi connectivity index (χ2n) is 6.47. The highest BCUT2D eigenvalue weighted by Gasteiger charge is 2.25. The predicted octanol–water partition coefficient (Wildman–Crippen LogP) is 2.81. The van der Waals surface area contributed by atoms with Crippen LogP contribution in [0.3, 0.4) is 0 Å². The Kier molecular flexibility index (Phi) is 4.49. The molecule has 1 aliphatic carbocycles. The Balaban J connectivity index is 1.81. The van der Waals surface area contributed by atoms with Gasteiger partial charge in [-0.05, 0) is 44.6 Å². The molecule has 2 aromatic rings. The first kappa shape index (κ1) is 16.3. The zero-order chi connectivity index (χ0) is 16.7. The Morgan fingerprint density at radius 2 is 2.29 bits per heavy atom. The van der Waals surface area contributed by atoms with Gasteiger partial charge < -0.3 is 4.74 Å². The van der Waals surface area contributed by atoms with Gasteiger partial charge in [0, 0.05) is 11.5 Å². The minimum absolute atomic E-state index is 0.0425. The lowest BCUT2D eigenvalue weighted by molar-refractivity contribution is -0.114. The number of nitrogens with zero attached hydrogens (tertiary/aromatic N) is 2. The summed E-state index contributed by atoms with van der Waals surface area (Å²) in [5.41, 5.74) is 1.25. The molecule has 1 fully saturated rings. The van der Waals surface area contributed by atoms with Gasteiger partial charge in [-0.15, -0.1) is 11.3 Å². The van der Waals surface area contributed by atoms with Crippen LogP contribution in [0.15, 0.2) is 9.95 Å². The summed E-state index contributed by atoms with van der Waals surface area (Å²) in [6.07, 6.45) is 5.25. The van der Waals surface area contributed by atoms with Crippen LogP contribution < -0.4 is 5.56 Å². The van der Waals surface area contributed by atoms with Crippen molar-refractivity contribution >= 4 is 39.1 Å². The highest BCUT2D eigenvalue weighted by Crippen LogP contribution is 2.35. The summed E-state index contributed by atoms with van der Waals surface area (Å²) in [5.74, 6) is 0.431. The van der Waals surface area contributed by atoms with E-state index in [0.29, 0.717) is 17.5 Å². The maximum Gasteiger partial charge on any atom is 0.263 e. The average molecular weight is 364 g/mol. The zero-order valence-corrected chi connectivity index (χ0v) is 15.3. The first-order chi connectivity index (χ1) is 11.6. The first-order valence-electron chi connectivity index (χ1n) is 8.42. The van der Waals surface area contributed by atoms with Crippen molar-refractivity contribution in [2.24, 2.45) is 0 Å². The number of ketones is 1. The molecule has 3 heterocycles. The van der Waals surface area contributed by atoms with Crippen molar-refractivity contribution in [3.63, 3.8) is 0 Å². The van der Waals surface area contributed by atoms with Crippen LogP contribution in [0, 0.1) is 0 Å². The van der Waals surface area contributed by atoms with Gasteiger partial charge in [-0.3, -0.25) is 14.2 Å². The molecule has 0 amide bonds. The Bertz CT molecular complexity index is 850. The van der Waals surface area contributed by atoms with E-state index in [2.05, 4.69) is 0 Å². The summed E-state index contributed by atoms with van der Waals surface area (Å²) in [7, 11) is 0. The number of carbonyl (C=O) groups is 1. The fraction of sp³-hybridized carbons (Fsp3) is 0.588. The smallest absolute Gasteiger partial charge is 0.263 e. The lowest BCUT2D eigenvalue weighted by atomic mass is 10.2. The Hall–Kier alpha value is -1.18. The van der Waals surface area contributed by atoms with Crippen molar-refractivity contribution < 1.29 is 9.53 Å². The van der Waals surface area contributed by atoms with Crippen molar-refractivity contribution in [1.29, 1.82) is 0 Å². The molecular weight excluding hydrogens is 344 g/mol. The number of ether oxygens (including phenoxy) is 1. The lowest BCUT2D eigenvalue weighted by Gasteiger charge is -2.15. The second-order valence-corrected chi connectivity index (χ2v) is 8.50. The summed E-state index contributed by atoms with van der Waals surface area (Å²) in [5, 5.41) is 1.45. The van der Waals surface area contributed by atoms with Crippen LogP contribution in [0.5, 0.6) is 0 Å². The maximum absolute atomic E-state index is 13.2. The van der Waals surface area contributed by atoms with Gasteiger partial charge in [-0.25, -0.2) is 4.98 Å². The van der Waals surface area contributed by atoms with E-state index in [0.717, 1.165) is 48.9 Å². The molecule has 5 nitrogen and oxygen atoms in total. The number of thiophene rings is 1. The summed E-state index contributed by atoms with van der Waals surface area (Å²) >= 11 is 3.01. The molecule has 4 rings (SSSR count). The molecule has 24 heavy (non-hydrogen) atoms. The summed E-state index contributed by atoms with van der Waals surface area (Å²) in [4.78, 5) is 31.5. The monoisotopic (exact) mass is 364 g/mol. The molecule has 7 heteroatoms. The van der Waals surface area contributed by atoms with Crippen molar-refractivity contribution in [2.45, 2.75) is 56.8 Å². The van der Waals surface area contributed by atoms with E-state index in [1.54, 1.807) is 22.8 Å². The quantitative estimate of drug-likeness (QED) is 0.603. The van der Waals surface area contributed by atoms with Gasteiger partial charge in [0.15, 0.2) is 5.16 Å². The van der Waals surface area contributed by atoms with E-state index < -0.39 is 0 Å². The highest BCUT2D eigenvalue weighted by atomic mass is 32.2. The molecule has 1 aliphatic heterocycles. The number of rotatable bonds is 5. The average Bonchev–Trinajstić information content (AvgIpc) is 3.24. The highest BCUT2D eigenvalue weighted by molar-refractivity contribution is 7.99. The zero-order valence-electron chi connectivity index (χ0n) is 13.7.